The smallest absolute Gasteiger partial charge is 0.318 e. The molecular weight excluding hydrogens is 238 g/mol. The Kier molecular flexibility index (Phi) is 3.51. The van der Waals surface area contributed by atoms with Crippen molar-refractivity contribution in [2.75, 3.05) is 6.54 Å². The molecule has 0 aromatic rings. The number of imide groups is 1. The largest absolute Gasteiger partial charge is 0.481 e. The molecule has 0 saturated carbocycles. The second kappa shape index (κ2) is 4.93. The van der Waals surface area contributed by atoms with Crippen LogP contribution in [0.1, 0.15) is 25.7 Å². The number of urea groups is 1. The number of hydrogen-bond donors (Lipinski definition) is 3. The quantitative estimate of drug-likeness (QED) is 0.627. The zero-order valence-electron chi connectivity index (χ0n) is 9.96. The van der Waals surface area contributed by atoms with Crippen molar-refractivity contribution in [3.63, 3.8) is 0 Å². The Morgan fingerprint density at radius 2 is 2.06 bits per heavy atom. The SMILES string of the molecule is NC(=O)NC(=O)CCN1C2CCC1C(C(=O)O)C2. The number of fused-ring (bicyclic) bond motifs is 2. The average Bonchev–Trinajstić information content (AvgIpc) is 2.81. The molecule has 0 spiro atoms. The highest BCUT2D eigenvalue weighted by Gasteiger charge is 2.48. The fourth-order valence-electron chi connectivity index (χ4n) is 3.15. The van der Waals surface area contributed by atoms with Crippen molar-refractivity contribution < 1.29 is 19.5 Å². The van der Waals surface area contributed by atoms with Crippen LogP contribution < -0.4 is 11.1 Å². The molecule has 3 atom stereocenters. The molecule has 0 aromatic heterocycles. The van der Waals surface area contributed by atoms with E-state index in [1.807, 2.05) is 5.32 Å². The second-order valence-electron chi connectivity index (χ2n) is 4.88. The summed E-state index contributed by atoms with van der Waals surface area (Å²) in [5, 5.41) is 11.1. The number of nitrogens with one attached hydrogen (secondary N) is 1. The summed E-state index contributed by atoms with van der Waals surface area (Å²) < 4.78 is 0. The number of nitrogens with two attached hydrogens (primary N) is 1. The van der Waals surface area contributed by atoms with Crippen LogP contribution in [0.3, 0.4) is 0 Å². The third-order valence-electron chi connectivity index (χ3n) is 3.86. The van der Waals surface area contributed by atoms with E-state index in [1.54, 1.807) is 0 Å². The zero-order valence-corrected chi connectivity index (χ0v) is 9.96. The van der Waals surface area contributed by atoms with Gasteiger partial charge >= 0.3 is 12.0 Å². The first-order valence-corrected chi connectivity index (χ1v) is 6.07. The number of carboxylic acid groups (broad SMARTS) is 1. The third-order valence-corrected chi connectivity index (χ3v) is 3.86. The highest BCUT2D eigenvalue weighted by Crippen LogP contribution is 2.41. The van der Waals surface area contributed by atoms with E-state index >= 15 is 0 Å². The first-order chi connectivity index (χ1) is 8.49. The summed E-state index contributed by atoms with van der Waals surface area (Å²) in [5.41, 5.74) is 4.84. The highest BCUT2D eigenvalue weighted by atomic mass is 16.4. The van der Waals surface area contributed by atoms with Crippen LogP contribution in [0, 0.1) is 5.92 Å². The minimum atomic E-state index is -0.854. The summed E-state index contributed by atoms with van der Waals surface area (Å²) in [6, 6.07) is -0.556. The van der Waals surface area contributed by atoms with Gasteiger partial charge in [0.25, 0.3) is 0 Å². The molecule has 2 bridgehead atoms. The molecule has 7 nitrogen and oxygen atoms in total. The van der Waals surface area contributed by atoms with Gasteiger partial charge in [0.2, 0.25) is 5.91 Å². The van der Waals surface area contributed by atoms with Gasteiger partial charge in [-0.15, -0.1) is 0 Å². The predicted molar refractivity (Wildman–Crippen MR) is 61.6 cm³/mol. The van der Waals surface area contributed by atoms with Gasteiger partial charge in [0.1, 0.15) is 0 Å². The maximum absolute atomic E-state index is 11.3. The van der Waals surface area contributed by atoms with E-state index in [1.165, 1.54) is 0 Å². The zero-order chi connectivity index (χ0) is 13.3. The molecule has 0 aliphatic carbocycles. The first kappa shape index (κ1) is 12.8. The lowest BCUT2D eigenvalue weighted by molar-refractivity contribution is -0.142. The number of nitrogens with zero attached hydrogens (tertiary/aromatic N) is 1. The topological polar surface area (TPSA) is 113 Å². The lowest BCUT2D eigenvalue weighted by Gasteiger charge is -2.22. The van der Waals surface area contributed by atoms with Gasteiger partial charge in [0, 0.05) is 25.0 Å². The lowest BCUT2D eigenvalue weighted by Crippen LogP contribution is -2.39. The third kappa shape index (κ3) is 2.45. The van der Waals surface area contributed by atoms with Crippen LogP contribution in [-0.4, -0.2) is 46.5 Å². The minimum absolute atomic E-state index is 0.0360. The van der Waals surface area contributed by atoms with Gasteiger partial charge in [-0.3, -0.25) is 19.8 Å². The summed E-state index contributed by atoms with van der Waals surface area (Å²) in [4.78, 5) is 34.9. The van der Waals surface area contributed by atoms with Crippen molar-refractivity contribution >= 4 is 17.9 Å². The van der Waals surface area contributed by atoms with E-state index in [2.05, 4.69) is 4.90 Å². The summed E-state index contributed by atoms with van der Waals surface area (Å²) in [6.07, 6.45) is 2.70. The molecule has 2 saturated heterocycles. The van der Waals surface area contributed by atoms with Crippen molar-refractivity contribution in [3.8, 4) is 0 Å². The Morgan fingerprint density at radius 3 is 2.61 bits per heavy atom. The van der Waals surface area contributed by atoms with Gasteiger partial charge in [-0.25, -0.2) is 4.79 Å². The fraction of sp³-hybridized carbons (Fsp3) is 0.727. The molecule has 4 N–H and O–H groups in total. The van der Waals surface area contributed by atoms with Crippen LogP contribution in [0.25, 0.3) is 0 Å². The van der Waals surface area contributed by atoms with Crippen LogP contribution in [0.5, 0.6) is 0 Å². The molecule has 3 unspecified atom stereocenters. The molecule has 2 heterocycles. The van der Waals surface area contributed by atoms with Gasteiger partial charge in [-0.1, -0.05) is 0 Å². The van der Waals surface area contributed by atoms with Crippen LogP contribution >= 0.6 is 0 Å². The minimum Gasteiger partial charge on any atom is -0.481 e. The fourth-order valence-corrected chi connectivity index (χ4v) is 3.15. The Bertz CT molecular complexity index is 384. The van der Waals surface area contributed by atoms with E-state index in [4.69, 9.17) is 10.8 Å². The number of carboxylic acids is 1. The average molecular weight is 255 g/mol. The Hall–Kier alpha value is -1.63. The second-order valence-corrected chi connectivity index (χ2v) is 4.88. The van der Waals surface area contributed by atoms with Crippen molar-refractivity contribution in [3.05, 3.63) is 0 Å². The molecular formula is C11H17N3O4. The Balaban J connectivity index is 1.86. The van der Waals surface area contributed by atoms with Crippen molar-refractivity contribution in [2.45, 2.75) is 37.8 Å². The van der Waals surface area contributed by atoms with Gasteiger partial charge in [-0.05, 0) is 19.3 Å². The molecule has 2 aliphatic rings. The number of primary amides is 1. The normalized spacial score (nSPS) is 30.3. The molecule has 0 radical (unpaired) electrons. The number of carbonyl (C=O) groups excluding carboxylic acids is 2. The molecule has 2 rings (SSSR count). The molecule has 100 valence electrons. The number of carbonyl (C=O) groups is 3. The molecule has 3 amide bonds. The van der Waals surface area contributed by atoms with E-state index in [-0.39, 0.29) is 24.4 Å². The highest BCUT2D eigenvalue weighted by molar-refractivity contribution is 5.93. The number of hydrogen-bond acceptors (Lipinski definition) is 4. The molecule has 2 fully saturated rings. The Morgan fingerprint density at radius 1 is 1.33 bits per heavy atom. The van der Waals surface area contributed by atoms with Crippen LogP contribution in [0.2, 0.25) is 0 Å². The van der Waals surface area contributed by atoms with E-state index < -0.39 is 17.9 Å². The predicted octanol–water partition coefficient (Wildman–Crippen LogP) is -0.491. The van der Waals surface area contributed by atoms with Crippen LogP contribution in [0.15, 0.2) is 0 Å². The van der Waals surface area contributed by atoms with E-state index in [0.717, 1.165) is 12.8 Å². The van der Waals surface area contributed by atoms with Gasteiger partial charge in [0.15, 0.2) is 0 Å². The lowest BCUT2D eigenvalue weighted by atomic mass is 9.89. The molecule has 7 heteroatoms. The van der Waals surface area contributed by atoms with E-state index in [0.29, 0.717) is 13.0 Å². The van der Waals surface area contributed by atoms with Crippen molar-refractivity contribution in [1.82, 2.24) is 10.2 Å². The van der Waals surface area contributed by atoms with Gasteiger partial charge < -0.3 is 10.8 Å². The molecule has 2 aliphatic heterocycles. The summed E-state index contributed by atoms with van der Waals surface area (Å²) in [6.45, 7) is 0.484. The van der Waals surface area contributed by atoms with Crippen molar-refractivity contribution in [2.24, 2.45) is 11.7 Å². The molecule has 18 heavy (non-hydrogen) atoms. The maximum Gasteiger partial charge on any atom is 0.318 e. The number of rotatable bonds is 4. The van der Waals surface area contributed by atoms with E-state index in [9.17, 15) is 14.4 Å². The first-order valence-electron chi connectivity index (χ1n) is 6.07. The number of aliphatic carboxylic acids is 1. The molecule has 0 aromatic carbocycles. The summed E-state index contributed by atoms with van der Waals surface area (Å²) in [5.74, 6) is -1.49. The monoisotopic (exact) mass is 255 g/mol. The van der Waals surface area contributed by atoms with Crippen LogP contribution in [0.4, 0.5) is 4.79 Å². The van der Waals surface area contributed by atoms with Crippen LogP contribution in [-0.2, 0) is 9.59 Å². The summed E-state index contributed by atoms with van der Waals surface area (Å²) >= 11 is 0. The maximum atomic E-state index is 11.3. The Labute approximate surface area is 104 Å². The van der Waals surface area contributed by atoms with Gasteiger partial charge in [0.05, 0.1) is 5.92 Å². The van der Waals surface area contributed by atoms with Crippen molar-refractivity contribution in [1.29, 1.82) is 0 Å². The summed E-state index contributed by atoms with van der Waals surface area (Å²) in [7, 11) is 0. The van der Waals surface area contributed by atoms with Gasteiger partial charge in [-0.2, -0.15) is 0 Å². The standard InChI is InChI=1S/C11H17N3O4/c12-11(18)13-9(15)3-4-14-6-1-2-8(14)7(5-6)10(16)17/h6-8H,1-5H2,(H,16,17)(H3,12,13,15,18). The number of amides is 3.